The van der Waals surface area contributed by atoms with Crippen LogP contribution in [-0.4, -0.2) is 19.2 Å². The summed E-state index contributed by atoms with van der Waals surface area (Å²) in [5, 5.41) is 0. The van der Waals surface area contributed by atoms with Crippen LogP contribution in [0.15, 0.2) is 0 Å². The first-order chi connectivity index (χ1) is 19.4. The van der Waals surface area contributed by atoms with Crippen LogP contribution in [0.5, 0.6) is 0 Å². The Morgan fingerprint density at radius 3 is 0.524 bits per heavy atom. The third-order valence-corrected chi connectivity index (χ3v) is 6.97. The fourth-order valence-corrected chi connectivity index (χ4v) is 5.20. The lowest BCUT2D eigenvalue weighted by Gasteiger charge is -2.50. The van der Waals surface area contributed by atoms with Crippen LogP contribution < -0.4 is 14.2 Å². The van der Waals surface area contributed by atoms with Crippen molar-refractivity contribution in [1.82, 2.24) is 0 Å². The summed E-state index contributed by atoms with van der Waals surface area (Å²) in [6.45, 7) is 0. The van der Waals surface area contributed by atoms with Crippen LogP contribution in [0.2, 0.25) is 0 Å². The second-order valence-electron chi connectivity index (χ2n) is 7.91. The lowest BCUT2D eigenvalue weighted by atomic mass is 9.69. The molecule has 0 spiro atoms. The van der Waals surface area contributed by atoms with E-state index in [2.05, 4.69) is 0 Å². The Balaban J connectivity index is 2.14. The van der Waals surface area contributed by atoms with Gasteiger partial charge in [0.1, 0.15) is 0 Å². The standard InChI is InChI=1S/C18B3Cl3F15N3/c22-19-40(16-10(34)4(28)1(25)5(29)11(16)35)20(23)42(18-14(38)8(32)3(27)9(33)15(18)39)21(24)41(19)17-12(36)6(30)2(26)7(31)13(17)37. The minimum Gasteiger partial charge on any atom is -0.391 e. The minimum absolute atomic E-state index is 0.561. The first kappa shape index (κ1) is 32.0. The lowest BCUT2D eigenvalue weighted by molar-refractivity contribution is 0.380. The van der Waals surface area contributed by atoms with Gasteiger partial charge in [0.05, 0.1) is 17.1 Å². The Labute approximate surface area is 238 Å². The van der Waals surface area contributed by atoms with E-state index in [-0.39, 0.29) is 0 Å². The topological polar surface area (TPSA) is 9.72 Å². The average Bonchev–Trinajstić information content (AvgIpc) is 2.95. The molecule has 1 aliphatic rings. The molecule has 42 heavy (non-hydrogen) atoms. The van der Waals surface area contributed by atoms with Gasteiger partial charge in [-0.1, -0.05) is 0 Å². The second kappa shape index (κ2) is 11.0. The fraction of sp³-hybridized carbons (Fsp3) is 0. The van der Waals surface area contributed by atoms with Crippen LogP contribution in [0.4, 0.5) is 82.9 Å². The Hall–Kier alpha value is -2.93. The van der Waals surface area contributed by atoms with E-state index in [1.165, 1.54) is 0 Å². The van der Waals surface area contributed by atoms with E-state index in [1.807, 2.05) is 0 Å². The highest BCUT2D eigenvalue weighted by Crippen LogP contribution is 2.44. The van der Waals surface area contributed by atoms with Gasteiger partial charge < -0.3 is 14.2 Å². The maximum absolute atomic E-state index is 14.8. The maximum Gasteiger partial charge on any atom is 0.465 e. The molecule has 0 N–H and O–H groups in total. The first-order valence-electron chi connectivity index (χ1n) is 10.2. The zero-order chi connectivity index (χ0) is 31.9. The molecule has 4 rings (SSSR count). The molecule has 0 bridgehead atoms. The predicted octanol–water partition coefficient (Wildman–Crippen LogP) is 7.28. The molecule has 1 heterocycles. The van der Waals surface area contributed by atoms with Gasteiger partial charge in [-0.05, 0) is 0 Å². The molecule has 0 aliphatic carbocycles. The summed E-state index contributed by atoms with van der Waals surface area (Å²) in [7, 11) is 0. The van der Waals surface area contributed by atoms with Crippen molar-refractivity contribution in [2.24, 2.45) is 0 Å². The maximum atomic E-state index is 14.8. The van der Waals surface area contributed by atoms with Crippen molar-refractivity contribution in [3.05, 3.63) is 87.3 Å². The minimum atomic E-state index is -3.01. The molecule has 3 aromatic carbocycles. The van der Waals surface area contributed by atoms with Crippen molar-refractivity contribution in [2.75, 3.05) is 14.2 Å². The molecule has 1 fully saturated rings. The number of benzene rings is 3. The Morgan fingerprint density at radius 2 is 0.381 bits per heavy atom. The van der Waals surface area contributed by atoms with Gasteiger partial charge in [-0.15, -0.1) is 34.4 Å². The number of hydrogen-bond acceptors (Lipinski definition) is 3. The highest BCUT2D eigenvalue weighted by atomic mass is 35.5. The zero-order valence-corrected chi connectivity index (χ0v) is 21.1. The molecular formula is C18B3Cl3F15N3. The first-order valence-corrected chi connectivity index (χ1v) is 11.5. The third-order valence-electron chi connectivity index (χ3n) is 5.71. The molecule has 0 radical (unpaired) electrons. The molecule has 1 aliphatic heterocycles. The van der Waals surface area contributed by atoms with E-state index in [0.717, 1.165) is 0 Å². The van der Waals surface area contributed by atoms with E-state index in [9.17, 15) is 65.9 Å². The number of anilines is 3. The Bertz CT molecular complexity index is 1370. The van der Waals surface area contributed by atoms with Gasteiger partial charge in [0, 0.05) is 0 Å². The number of nitrogens with zero attached hydrogens (tertiary/aromatic N) is 3. The molecule has 24 heteroatoms. The lowest BCUT2D eigenvalue weighted by Crippen LogP contribution is -2.75. The van der Waals surface area contributed by atoms with Gasteiger partial charge in [-0.25, -0.2) is 65.9 Å². The van der Waals surface area contributed by atoms with Crippen LogP contribution in [-0.2, 0) is 0 Å². The van der Waals surface area contributed by atoms with Crippen molar-refractivity contribution in [3.63, 3.8) is 0 Å². The highest BCUT2D eigenvalue weighted by molar-refractivity contribution is 7.37. The van der Waals surface area contributed by atoms with Gasteiger partial charge >= 0.3 is 19.2 Å². The van der Waals surface area contributed by atoms with E-state index in [4.69, 9.17) is 34.4 Å². The van der Waals surface area contributed by atoms with Gasteiger partial charge in [0.25, 0.3) is 0 Å². The van der Waals surface area contributed by atoms with Gasteiger partial charge in [0.2, 0.25) is 17.5 Å². The van der Waals surface area contributed by atoms with Crippen LogP contribution in [0.25, 0.3) is 0 Å². The van der Waals surface area contributed by atoms with Gasteiger partial charge in [-0.2, -0.15) is 0 Å². The van der Waals surface area contributed by atoms with Crippen LogP contribution >= 0.6 is 34.4 Å². The normalized spacial score (nSPS) is 14.1. The van der Waals surface area contributed by atoms with E-state index in [0.29, 0.717) is 0 Å². The summed E-state index contributed by atoms with van der Waals surface area (Å²) in [4.78, 5) is 0. The SMILES string of the molecule is Fc1c(F)c(F)c(N2B(Cl)N(c3c(F)c(F)c(F)c(F)c3F)B(Cl)N(c3c(F)c(F)c(F)c(F)c3F)B2Cl)c(F)c1F. The summed E-state index contributed by atoms with van der Waals surface area (Å²) >= 11 is 17.8. The summed E-state index contributed by atoms with van der Waals surface area (Å²) in [6, 6.07) is 0. The van der Waals surface area contributed by atoms with E-state index in [1.54, 1.807) is 0 Å². The number of hydrogen-bond donors (Lipinski definition) is 0. The van der Waals surface area contributed by atoms with Crippen molar-refractivity contribution >= 4 is 70.6 Å². The van der Waals surface area contributed by atoms with Crippen LogP contribution in [0.1, 0.15) is 0 Å². The van der Waals surface area contributed by atoms with Crippen molar-refractivity contribution in [3.8, 4) is 0 Å². The zero-order valence-electron chi connectivity index (χ0n) is 18.9. The van der Waals surface area contributed by atoms with Gasteiger partial charge in [0.15, 0.2) is 69.8 Å². The predicted molar refractivity (Wildman–Crippen MR) is 121 cm³/mol. The quantitative estimate of drug-likeness (QED) is 0.125. The number of rotatable bonds is 3. The molecule has 0 saturated carbocycles. The third kappa shape index (κ3) is 4.37. The van der Waals surface area contributed by atoms with Crippen LogP contribution in [0.3, 0.4) is 0 Å². The molecule has 222 valence electrons. The smallest absolute Gasteiger partial charge is 0.391 e. The summed E-state index contributed by atoms with van der Waals surface area (Å²) in [5.41, 5.74) is -6.80. The molecule has 0 aromatic heterocycles. The summed E-state index contributed by atoms with van der Waals surface area (Å²) in [5.74, 6) is -41.9. The van der Waals surface area contributed by atoms with Crippen LogP contribution in [0, 0.1) is 87.3 Å². The van der Waals surface area contributed by atoms with E-state index >= 15 is 0 Å². The molecule has 3 aromatic rings. The molecule has 1 saturated heterocycles. The Kier molecular flexibility index (Phi) is 8.36. The average molecular weight is 682 g/mol. The molecule has 0 unspecified atom stereocenters. The molecular weight excluding hydrogens is 682 g/mol. The molecule has 3 nitrogen and oxygen atoms in total. The second-order valence-corrected chi connectivity index (χ2v) is 9.08. The largest absolute Gasteiger partial charge is 0.465 e. The highest BCUT2D eigenvalue weighted by Gasteiger charge is 2.58. The van der Waals surface area contributed by atoms with E-state index < -0.39 is 138 Å². The van der Waals surface area contributed by atoms with Crippen molar-refractivity contribution in [1.29, 1.82) is 0 Å². The van der Waals surface area contributed by atoms with Crippen molar-refractivity contribution < 1.29 is 65.9 Å². The Morgan fingerprint density at radius 1 is 0.262 bits per heavy atom. The molecule has 0 atom stereocenters. The summed E-state index contributed by atoms with van der Waals surface area (Å²) in [6.07, 6.45) is -9.02. The van der Waals surface area contributed by atoms with Crippen molar-refractivity contribution in [2.45, 2.75) is 0 Å². The van der Waals surface area contributed by atoms with Gasteiger partial charge in [-0.3, -0.25) is 0 Å². The number of halogens is 18. The fourth-order valence-electron chi connectivity index (χ4n) is 3.81. The monoisotopic (exact) mass is 681 g/mol. The summed E-state index contributed by atoms with van der Waals surface area (Å²) < 4.78 is 212. The molecule has 0 amide bonds.